The van der Waals surface area contributed by atoms with E-state index in [2.05, 4.69) is 5.92 Å². The van der Waals surface area contributed by atoms with Gasteiger partial charge in [-0.05, 0) is 18.2 Å². The van der Waals surface area contributed by atoms with Gasteiger partial charge in [0, 0.05) is 0 Å². The minimum absolute atomic E-state index is 0.0171. The Bertz CT molecular complexity index is 502. The van der Waals surface area contributed by atoms with E-state index in [0.717, 1.165) is 11.0 Å². The molecule has 74 valence electrons. The highest BCUT2D eigenvalue weighted by atomic mass is 19.1. The summed E-state index contributed by atoms with van der Waals surface area (Å²) < 4.78 is 12.9. The SMILES string of the molecule is C#CCN1C(=O)C(=O)c2cc(F)ccc21. The van der Waals surface area contributed by atoms with E-state index in [1.54, 1.807) is 0 Å². The Morgan fingerprint density at radius 2 is 2.13 bits per heavy atom. The molecule has 0 aromatic heterocycles. The highest BCUT2D eigenvalue weighted by Gasteiger charge is 2.35. The summed E-state index contributed by atoms with van der Waals surface area (Å²) in [5.74, 6) is 0.322. The van der Waals surface area contributed by atoms with Crippen LogP contribution in [0.2, 0.25) is 0 Å². The number of terminal acetylenes is 1. The molecule has 0 N–H and O–H groups in total. The summed E-state index contributed by atoms with van der Waals surface area (Å²) in [4.78, 5) is 24.0. The van der Waals surface area contributed by atoms with Crippen LogP contribution in [0, 0.1) is 18.2 Å². The van der Waals surface area contributed by atoms with E-state index in [1.165, 1.54) is 12.1 Å². The van der Waals surface area contributed by atoms with Gasteiger partial charge in [-0.3, -0.25) is 14.5 Å². The molecule has 0 spiro atoms. The van der Waals surface area contributed by atoms with Crippen LogP contribution in [0.4, 0.5) is 10.1 Å². The number of carbonyl (C=O) groups is 2. The number of anilines is 1. The van der Waals surface area contributed by atoms with E-state index >= 15 is 0 Å². The van der Waals surface area contributed by atoms with Gasteiger partial charge in [0.25, 0.3) is 11.7 Å². The van der Waals surface area contributed by atoms with Gasteiger partial charge < -0.3 is 0 Å². The van der Waals surface area contributed by atoms with E-state index < -0.39 is 17.5 Å². The van der Waals surface area contributed by atoms with Gasteiger partial charge in [0.1, 0.15) is 5.82 Å². The van der Waals surface area contributed by atoms with Crippen molar-refractivity contribution >= 4 is 17.4 Å². The fourth-order valence-electron chi connectivity index (χ4n) is 1.52. The average Bonchev–Trinajstić information content (AvgIpc) is 2.44. The van der Waals surface area contributed by atoms with Crippen LogP contribution in [0.5, 0.6) is 0 Å². The Morgan fingerprint density at radius 1 is 1.40 bits per heavy atom. The number of nitrogens with zero attached hydrogens (tertiary/aromatic N) is 1. The molecule has 1 amide bonds. The molecule has 0 radical (unpaired) electrons. The van der Waals surface area contributed by atoms with E-state index in [9.17, 15) is 14.0 Å². The molecule has 0 saturated carbocycles. The number of ketones is 1. The zero-order valence-corrected chi connectivity index (χ0v) is 7.66. The van der Waals surface area contributed by atoms with Gasteiger partial charge in [0.2, 0.25) is 0 Å². The second-order valence-corrected chi connectivity index (χ2v) is 3.09. The van der Waals surface area contributed by atoms with Gasteiger partial charge in [0.15, 0.2) is 0 Å². The number of rotatable bonds is 1. The van der Waals surface area contributed by atoms with Crippen molar-refractivity contribution in [2.45, 2.75) is 0 Å². The van der Waals surface area contributed by atoms with E-state index in [1.807, 2.05) is 0 Å². The smallest absolute Gasteiger partial charge is 0.293 e. The van der Waals surface area contributed by atoms with Crippen molar-refractivity contribution in [3.05, 3.63) is 29.6 Å². The second kappa shape index (κ2) is 3.21. The number of fused-ring (bicyclic) bond motifs is 1. The van der Waals surface area contributed by atoms with E-state index in [0.29, 0.717) is 5.69 Å². The molecule has 0 aliphatic carbocycles. The number of halogens is 1. The predicted molar refractivity (Wildman–Crippen MR) is 51.9 cm³/mol. The highest BCUT2D eigenvalue weighted by molar-refractivity contribution is 6.52. The molecule has 0 fully saturated rings. The lowest BCUT2D eigenvalue weighted by atomic mass is 10.1. The summed E-state index contributed by atoms with van der Waals surface area (Å²) >= 11 is 0. The number of hydrogen-bond donors (Lipinski definition) is 0. The molecule has 1 aromatic carbocycles. The van der Waals surface area contributed by atoms with Gasteiger partial charge in [-0.1, -0.05) is 5.92 Å². The molecule has 15 heavy (non-hydrogen) atoms. The van der Waals surface area contributed by atoms with Crippen LogP contribution in [0.1, 0.15) is 10.4 Å². The number of amides is 1. The minimum Gasteiger partial charge on any atom is -0.293 e. The summed E-state index contributed by atoms with van der Waals surface area (Å²) in [7, 11) is 0. The number of hydrogen-bond acceptors (Lipinski definition) is 2. The Kier molecular flexibility index (Phi) is 2.01. The fourth-order valence-corrected chi connectivity index (χ4v) is 1.52. The van der Waals surface area contributed by atoms with Crippen molar-refractivity contribution in [2.75, 3.05) is 11.4 Å². The topological polar surface area (TPSA) is 37.4 Å². The second-order valence-electron chi connectivity index (χ2n) is 3.09. The molecule has 4 heteroatoms. The monoisotopic (exact) mass is 203 g/mol. The van der Waals surface area contributed by atoms with Gasteiger partial charge >= 0.3 is 0 Å². The molecule has 0 bridgehead atoms. The Balaban J connectivity index is 2.56. The van der Waals surface area contributed by atoms with Crippen molar-refractivity contribution in [3.8, 4) is 12.3 Å². The fraction of sp³-hybridized carbons (Fsp3) is 0.0909. The Hall–Kier alpha value is -2.15. The number of carbonyl (C=O) groups excluding carboxylic acids is 2. The maximum Gasteiger partial charge on any atom is 0.300 e. The van der Waals surface area contributed by atoms with Crippen LogP contribution >= 0.6 is 0 Å². The van der Waals surface area contributed by atoms with Gasteiger partial charge in [0.05, 0.1) is 17.8 Å². The van der Waals surface area contributed by atoms with E-state index in [4.69, 9.17) is 6.42 Å². The normalized spacial score (nSPS) is 14.0. The zero-order valence-electron chi connectivity index (χ0n) is 7.66. The molecule has 1 heterocycles. The van der Waals surface area contributed by atoms with Gasteiger partial charge in [-0.2, -0.15) is 0 Å². The molecular weight excluding hydrogens is 197 g/mol. The van der Waals surface area contributed by atoms with E-state index in [-0.39, 0.29) is 12.1 Å². The van der Waals surface area contributed by atoms with Gasteiger partial charge in [-0.25, -0.2) is 4.39 Å². The lowest BCUT2D eigenvalue weighted by Gasteiger charge is -2.11. The average molecular weight is 203 g/mol. The molecule has 1 aromatic rings. The third-order valence-electron chi connectivity index (χ3n) is 2.18. The Labute approximate surface area is 85.5 Å². The molecular formula is C11H6FNO2. The molecule has 0 saturated heterocycles. The van der Waals surface area contributed by atoms with Crippen molar-refractivity contribution in [1.29, 1.82) is 0 Å². The predicted octanol–water partition coefficient (Wildman–Crippen LogP) is 0.988. The third-order valence-corrected chi connectivity index (χ3v) is 2.18. The first-order valence-corrected chi connectivity index (χ1v) is 4.24. The molecule has 0 atom stereocenters. The molecule has 1 aliphatic rings. The minimum atomic E-state index is -0.709. The maximum absolute atomic E-state index is 12.9. The summed E-state index contributed by atoms with van der Waals surface area (Å²) in [5, 5.41) is 0. The van der Waals surface area contributed by atoms with Crippen molar-refractivity contribution in [2.24, 2.45) is 0 Å². The van der Waals surface area contributed by atoms with Crippen LogP contribution in [0.15, 0.2) is 18.2 Å². The summed E-state index contributed by atoms with van der Waals surface area (Å²) in [6.45, 7) is 0.0171. The summed E-state index contributed by atoms with van der Waals surface area (Å²) in [6.07, 6.45) is 5.07. The molecule has 0 unspecified atom stereocenters. The molecule has 2 rings (SSSR count). The zero-order chi connectivity index (χ0) is 11.0. The first kappa shape index (κ1) is 9.41. The van der Waals surface area contributed by atoms with Gasteiger partial charge in [-0.15, -0.1) is 6.42 Å². The highest BCUT2D eigenvalue weighted by Crippen LogP contribution is 2.28. The lowest BCUT2D eigenvalue weighted by molar-refractivity contribution is -0.114. The van der Waals surface area contributed by atoms with Crippen molar-refractivity contribution in [3.63, 3.8) is 0 Å². The van der Waals surface area contributed by atoms with Crippen LogP contribution in [0.25, 0.3) is 0 Å². The third kappa shape index (κ3) is 1.29. The summed E-state index contributed by atoms with van der Waals surface area (Å²) in [5.41, 5.74) is 0.458. The van der Waals surface area contributed by atoms with Crippen LogP contribution < -0.4 is 4.90 Å². The first-order valence-electron chi connectivity index (χ1n) is 4.24. The number of Topliss-reactive ketones (excluding diaryl/α,β-unsaturated/α-hetero) is 1. The quantitative estimate of drug-likeness (QED) is 0.504. The standard InChI is InChI=1S/C11H6FNO2/c1-2-5-13-9-4-3-7(12)6-8(9)10(14)11(13)15/h1,3-4,6H,5H2. The molecule has 1 aliphatic heterocycles. The van der Waals surface area contributed by atoms with Crippen LogP contribution in [-0.4, -0.2) is 18.2 Å². The summed E-state index contributed by atoms with van der Waals surface area (Å²) in [6, 6.07) is 3.62. The lowest BCUT2D eigenvalue weighted by Crippen LogP contribution is -2.29. The maximum atomic E-state index is 12.9. The van der Waals surface area contributed by atoms with Crippen molar-refractivity contribution < 1.29 is 14.0 Å². The largest absolute Gasteiger partial charge is 0.300 e. The molecule has 3 nitrogen and oxygen atoms in total. The van der Waals surface area contributed by atoms with Crippen molar-refractivity contribution in [1.82, 2.24) is 0 Å². The first-order chi connectivity index (χ1) is 7.15. The number of benzene rings is 1. The van der Waals surface area contributed by atoms with Crippen LogP contribution in [0.3, 0.4) is 0 Å². The van der Waals surface area contributed by atoms with Crippen LogP contribution in [-0.2, 0) is 4.79 Å². The Morgan fingerprint density at radius 3 is 2.80 bits per heavy atom.